The maximum absolute atomic E-state index is 12.8. The summed E-state index contributed by atoms with van der Waals surface area (Å²) >= 11 is 0. The number of hydrogen-bond acceptors (Lipinski definition) is 13. The number of aliphatic imine (C=N–C) groups is 1. The number of fused-ring (bicyclic) bond motifs is 1. The van der Waals surface area contributed by atoms with Crippen LogP contribution in [0.3, 0.4) is 0 Å². The van der Waals surface area contributed by atoms with E-state index in [1.54, 1.807) is 21.9 Å². The van der Waals surface area contributed by atoms with Crippen molar-refractivity contribution >= 4 is 54.8 Å². The molecule has 18 nitrogen and oxygen atoms in total. The van der Waals surface area contributed by atoms with Crippen molar-refractivity contribution in [2.45, 2.75) is 131 Å². The third-order valence-electron chi connectivity index (χ3n) is 13.3. The van der Waals surface area contributed by atoms with Crippen molar-refractivity contribution in [2.75, 3.05) is 96.2 Å². The Morgan fingerprint density at radius 3 is 2.10 bits per heavy atom. The number of carbonyl (C=O) groups excluding carboxylic acids is 5. The predicted octanol–water partition coefficient (Wildman–Crippen LogP) is 9.82. The number of aryl methyl sites for hydroxylation is 1. The maximum atomic E-state index is 12.8. The van der Waals surface area contributed by atoms with E-state index in [-0.39, 0.29) is 29.8 Å². The van der Waals surface area contributed by atoms with Gasteiger partial charge in [0, 0.05) is 76.3 Å². The number of benzene rings is 3. The van der Waals surface area contributed by atoms with Crippen molar-refractivity contribution in [3.8, 4) is 5.75 Å². The fourth-order valence-electron chi connectivity index (χ4n) is 8.52. The topological polar surface area (TPSA) is 230 Å². The number of amidine groups is 1. The summed E-state index contributed by atoms with van der Waals surface area (Å²) in [5, 5.41) is 14.3. The quantitative estimate of drug-likeness (QED) is 0.0124. The van der Waals surface area contributed by atoms with Crippen LogP contribution in [0.4, 0.5) is 11.4 Å². The van der Waals surface area contributed by atoms with Crippen LogP contribution in [0.1, 0.15) is 133 Å². The Bertz CT molecular complexity index is 2370. The fraction of sp³-hybridized carbons (Fsp3) is 0.516. The number of carbonyl (C=O) groups is 5. The highest BCUT2D eigenvalue weighted by atomic mass is 16.5. The molecule has 1 saturated heterocycles. The van der Waals surface area contributed by atoms with Crippen LogP contribution in [0.2, 0.25) is 0 Å². The number of amides is 4. The molecule has 0 aromatic heterocycles. The highest BCUT2D eigenvalue weighted by molar-refractivity contribution is 6.01. The second kappa shape index (κ2) is 44.5. The minimum absolute atomic E-state index is 0.0140. The van der Waals surface area contributed by atoms with E-state index >= 15 is 0 Å². The van der Waals surface area contributed by atoms with E-state index < -0.39 is 6.04 Å². The number of unbranched alkanes of at least 4 members (excludes halogenated alkanes) is 3. The van der Waals surface area contributed by atoms with Gasteiger partial charge in [0.05, 0.1) is 51.2 Å². The zero-order valence-electron chi connectivity index (χ0n) is 50.9. The minimum atomic E-state index is -0.653. The number of likely N-dealkylation sites (N-methyl/N-ethyl adjacent to an activating group) is 1. The average Bonchev–Trinajstić information content (AvgIpc) is 3.94. The van der Waals surface area contributed by atoms with Crippen molar-refractivity contribution in [1.29, 1.82) is 5.41 Å². The van der Waals surface area contributed by atoms with Crippen LogP contribution in [-0.2, 0) is 39.9 Å². The van der Waals surface area contributed by atoms with Crippen molar-refractivity contribution in [1.82, 2.24) is 20.4 Å². The van der Waals surface area contributed by atoms with Crippen LogP contribution in [0, 0.1) is 12.3 Å². The third kappa shape index (κ3) is 27.5. The van der Waals surface area contributed by atoms with Crippen LogP contribution in [0.5, 0.6) is 5.75 Å². The number of nitrogens with zero attached hydrogens (tertiary/aromatic N) is 4. The van der Waals surface area contributed by atoms with Gasteiger partial charge in [0.25, 0.3) is 5.91 Å². The Balaban J connectivity index is 0.000000599. The van der Waals surface area contributed by atoms with Gasteiger partial charge in [-0.05, 0) is 138 Å². The maximum Gasteiger partial charge on any atom is 0.255 e. The summed E-state index contributed by atoms with van der Waals surface area (Å²) in [6.45, 7) is 31.2. The van der Waals surface area contributed by atoms with E-state index in [0.717, 1.165) is 124 Å². The lowest BCUT2D eigenvalue weighted by Crippen LogP contribution is -2.47. The standard InChI is InChI=1S/C22H37NO5.C20H29N3.C19H24N4O4.C2H6.CH3N/c1-3-12-25-15-17-27-18-16-26-13-6-4-5-7-14-28-22-10-8-21(9-11-22)20(2)23-19-24;1-6-10-17(11-7-2)15-22-19(21)20(5,8-3)23-18-13-9-12-16(4)14-18;1-20-18(26)17(3-2-10-24)23-12-14-11-15(4-5-16(14)19(23)27)22-8-6-21(13-25)7-9-22;2*1-2/h8-11,19-20H,3-7,12-18H2,1-2H3,(H,23,24);6-7,9-14,23H,1,8,15H2,2-5H3,(H2,21,22);4-5,10-11,13,17H,2-3,6-9,12H2,1H3,(H,20,26);1-2H3;2H,1H2/b;11-7-,17-10+;;;. The first-order chi connectivity index (χ1) is 39.8. The number of aldehydes is 1. The fourth-order valence-corrected chi connectivity index (χ4v) is 8.52. The van der Waals surface area contributed by atoms with Gasteiger partial charge in [-0.1, -0.05) is 89.3 Å². The molecule has 0 radical (unpaired) electrons. The normalized spacial score (nSPS) is 14.3. The van der Waals surface area contributed by atoms with Gasteiger partial charge in [0.2, 0.25) is 18.7 Å². The molecule has 0 bridgehead atoms. The molecule has 454 valence electrons. The molecule has 1 fully saturated rings. The molecule has 0 aliphatic carbocycles. The molecular weight excluding hydrogens is 1040 g/mol. The second-order valence-electron chi connectivity index (χ2n) is 19.3. The number of piperazine rings is 1. The van der Waals surface area contributed by atoms with E-state index in [1.807, 2.05) is 88.4 Å². The number of ether oxygens (including phenoxy) is 4. The first-order valence-corrected chi connectivity index (χ1v) is 29.0. The van der Waals surface area contributed by atoms with Gasteiger partial charge in [-0.15, -0.1) is 0 Å². The lowest BCUT2D eigenvalue weighted by Gasteiger charge is -2.34. The van der Waals surface area contributed by atoms with Gasteiger partial charge in [0.15, 0.2) is 0 Å². The van der Waals surface area contributed by atoms with E-state index in [1.165, 1.54) is 12.6 Å². The highest BCUT2D eigenvalue weighted by Gasteiger charge is 2.36. The molecule has 3 unspecified atom stereocenters. The van der Waals surface area contributed by atoms with Gasteiger partial charge >= 0.3 is 0 Å². The van der Waals surface area contributed by atoms with Gasteiger partial charge in [-0.3, -0.25) is 24.2 Å². The summed E-state index contributed by atoms with van der Waals surface area (Å²) in [5.41, 5.74) is 12.8. The number of allylic oxidation sites excluding steroid dienone is 3. The highest BCUT2D eigenvalue weighted by Crippen LogP contribution is 2.30. The number of nitrogens with one attached hydrogen (secondary N) is 4. The summed E-state index contributed by atoms with van der Waals surface area (Å²) < 4.78 is 22.1. The number of hydrogen-bond donors (Lipinski definition) is 5. The Hall–Kier alpha value is -7.15. The number of rotatable bonds is 34. The van der Waals surface area contributed by atoms with Crippen molar-refractivity contribution in [3.63, 3.8) is 0 Å². The Kier molecular flexibility index (Phi) is 39.5. The first-order valence-electron chi connectivity index (χ1n) is 29.0. The molecule has 3 aromatic rings. The molecule has 18 heteroatoms. The van der Waals surface area contributed by atoms with Gasteiger partial charge in [-0.2, -0.15) is 0 Å². The molecule has 2 aliphatic heterocycles. The Morgan fingerprint density at radius 1 is 0.878 bits per heavy atom. The number of nitrogens with two attached hydrogens (primary N) is 1. The minimum Gasteiger partial charge on any atom is -0.494 e. The molecule has 3 aromatic carbocycles. The lowest BCUT2D eigenvalue weighted by atomic mass is 9.96. The molecule has 5 rings (SSSR count). The van der Waals surface area contributed by atoms with E-state index in [4.69, 9.17) is 30.1 Å². The van der Waals surface area contributed by atoms with Crippen LogP contribution < -0.4 is 31.3 Å². The van der Waals surface area contributed by atoms with Gasteiger partial charge < -0.3 is 65.5 Å². The Labute approximate surface area is 490 Å². The monoisotopic (exact) mass is 1140 g/mol. The molecule has 4 amide bonds. The van der Waals surface area contributed by atoms with Gasteiger partial charge in [-0.25, -0.2) is 0 Å². The SMILES string of the molecule is C=C/C=C(\C=C/C)CN=C(N)C(C)(CC)Nc1cccc(C)c1.C=N.CC.CCCOCCOCCOCCCCCCOc1ccc(C(C)NC=O)cc1.CNC(=O)C(CCC=O)N1Cc2cc(N3CCN(C=O)CC3)ccc2C1=O. The Morgan fingerprint density at radius 2 is 1.52 bits per heavy atom. The van der Waals surface area contributed by atoms with E-state index in [9.17, 15) is 24.0 Å². The molecule has 3 atom stereocenters. The molecule has 2 aliphatic rings. The van der Waals surface area contributed by atoms with Crippen LogP contribution in [-0.4, -0.2) is 151 Å². The zero-order valence-corrected chi connectivity index (χ0v) is 50.9. The molecule has 82 heavy (non-hydrogen) atoms. The second-order valence-corrected chi connectivity index (χ2v) is 19.3. The molecule has 0 saturated carbocycles. The summed E-state index contributed by atoms with van der Waals surface area (Å²) in [7, 11) is 1.53. The summed E-state index contributed by atoms with van der Waals surface area (Å²) in [6, 6.07) is 21.2. The average molecular weight is 1140 g/mol. The van der Waals surface area contributed by atoms with Crippen LogP contribution in [0.25, 0.3) is 0 Å². The van der Waals surface area contributed by atoms with Crippen molar-refractivity contribution in [2.24, 2.45) is 10.7 Å². The van der Waals surface area contributed by atoms with Gasteiger partial charge in [0.1, 0.15) is 23.9 Å². The molecule has 2 heterocycles. The van der Waals surface area contributed by atoms with E-state index in [0.29, 0.717) is 70.4 Å². The number of anilines is 2. The molecule has 0 spiro atoms. The molecular formula is C64H99N9O9. The molecule has 6 N–H and O–H groups in total. The predicted molar refractivity (Wildman–Crippen MR) is 334 cm³/mol. The van der Waals surface area contributed by atoms with Crippen molar-refractivity contribution in [3.05, 3.63) is 125 Å². The van der Waals surface area contributed by atoms with E-state index in [2.05, 4.69) is 85.0 Å². The lowest BCUT2D eigenvalue weighted by molar-refractivity contribution is -0.125. The first kappa shape index (κ1) is 72.9. The van der Waals surface area contributed by atoms with Crippen molar-refractivity contribution < 1.29 is 42.9 Å². The van der Waals surface area contributed by atoms with Crippen LogP contribution in [0.15, 0.2) is 108 Å². The van der Waals surface area contributed by atoms with Crippen LogP contribution >= 0.6 is 0 Å². The zero-order chi connectivity index (χ0) is 61.0. The largest absolute Gasteiger partial charge is 0.494 e. The summed E-state index contributed by atoms with van der Waals surface area (Å²) in [4.78, 5) is 67.1. The smallest absolute Gasteiger partial charge is 0.255 e. The third-order valence-corrected chi connectivity index (χ3v) is 13.3. The summed E-state index contributed by atoms with van der Waals surface area (Å²) in [5.74, 6) is 1.04. The summed E-state index contributed by atoms with van der Waals surface area (Å²) in [6.07, 6.45) is 16.9.